The lowest BCUT2D eigenvalue weighted by Gasteiger charge is -2.12. The Morgan fingerprint density at radius 3 is 2.38 bits per heavy atom. The van der Waals surface area contributed by atoms with E-state index in [1.807, 2.05) is 104 Å². The Kier molecular flexibility index (Phi) is 8.97. The minimum Gasteiger partial charge on any atom is -0.462 e. The third-order valence-corrected chi connectivity index (χ3v) is 10.2. The molecule has 0 spiro atoms. The maximum atomic E-state index is 13.9. The number of anilines is 1. The van der Waals surface area contributed by atoms with Gasteiger partial charge in [0, 0.05) is 15.8 Å². The van der Waals surface area contributed by atoms with Crippen molar-refractivity contribution in [3.63, 3.8) is 0 Å². The average molecular weight is 652 g/mol. The SMILES string of the molecule is CCOC(=O)c1c(-c2ccc(C)c(C)c2)csc1NC(=O)CSc1nc2sc(-c3ccccc3)cc2c(=O)n1-c1ccccc1. The predicted molar refractivity (Wildman–Crippen MR) is 185 cm³/mol. The van der Waals surface area contributed by atoms with E-state index < -0.39 is 5.97 Å². The fourth-order valence-corrected chi connectivity index (χ4v) is 7.74. The molecule has 6 rings (SSSR count). The number of hydrogen-bond donors (Lipinski definition) is 1. The highest BCUT2D eigenvalue weighted by molar-refractivity contribution is 7.99. The number of amides is 1. The van der Waals surface area contributed by atoms with E-state index in [9.17, 15) is 14.4 Å². The summed E-state index contributed by atoms with van der Waals surface area (Å²) in [6.45, 7) is 6.02. The first kappa shape index (κ1) is 30.5. The lowest BCUT2D eigenvalue weighted by molar-refractivity contribution is -0.113. The lowest BCUT2D eigenvalue weighted by Crippen LogP contribution is -2.22. The molecule has 3 heterocycles. The Hall–Kier alpha value is -4.51. The Morgan fingerprint density at radius 1 is 0.933 bits per heavy atom. The minimum atomic E-state index is -0.494. The molecule has 10 heteroatoms. The van der Waals surface area contributed by atoms with Crippen LogP contribution in [0.1, 0.15) is 28.4 Å². The molecule has 45 heavy (non-hydrogen) atoms. The standard InChI is InChI=1S/C35H29N3O4S3/c1-4-42-34(41)30-27(24-16-15-21(2)22(3)17-24)19-43-32(30)36-29(39)20-44-35-37-31-26(18-28(45-31)23-11-7-5-8-12-23)33(40)38(35)25-13-9-6-10-14-25/h5-19H,4,20H2,1-3H3,(H,36,39). The molecule has 1 N–H and O–H groups in total. The maximum Gasteiger partial charge on any atom is 0.341 e. The minimum absolute atomic E-state index is 0.0269. The van der Waals surface area contributed by atoms with Gasteiger partial charge in [0.05, 0.1) is 23.4 Å². The van der Waals surface area contributed by atoms with Crippen molar-refractivity contribution < 1.29 is 14.3 Å². The number of thioether (sulfide) groups is 1. The molecular formula is C35H29N3O4S3. The quantitative estimate of drug-likeness (QED) is 0.0960. The fourth-order valence-electron chi connectivity index (χ4n) is 4.88. The number of thiophene rings is 2. The van der Waals surface area contributed by atoms with Crippen molar-refractivity contribution >= 4 is 61.5 Å². The number of nitrogens with one attached hydrogen (secondary N) is 1. The first-order valence-corrected chi connectivity index (χ1v) is 17.0. The van der Waals surface area contributed by atoms with Crippen molar-refractivity contribution in [3.8, 4) is 27.3 Å². The second kappa shape index (κ2) is 13.2. The van der Waals surface area contributed by atoms with Gasteiger partial charge in [-0.3, -0.25) is 14.2 Å². The van der Waals surface area contributed by atoms with E-state index in [2.05, 4.69) is 5.32 Å². The Morgan fingerprint density at radius 2 is 1.67 bits per heavy atom. The second-order valence-corrected chi connectivity index (χ2v) is 13.1. The van der Waals surface area contributed by atoms with Crippen LogP contribution in [-0.2, 0) is 9.53 Å². The van der Waals surface area contributed by atoms with Crippen LogP contribution in [0.3, 0.4) is 0 Å². The normalized spacial score (nSPS) is 11.1. The number of para-hydroxylation sites is 1. The van der Waals surface area contributed by atoms with Crippen LogP contribution in [0.25, 0.3) is 37.5 Å². The largest absolute Gasteiger partial charge is 0.462 e. The monoisotopic (exact) mass is 651 g/mol. The number of aromatic nitrogens is 2. The number of hydrogen-bond acceptors (Lipinski definition) is 8. The van der Waals surface area contributed by atoms with Gasteiger partial charge in [-0.05, 0) is 61.2 Å². The summed E-state index contributed by atoms with van der Waals surface area (Å²) in [5, 5.41) is 6.13. The molecule has 0 saturated heterocycles. The van der Waals surface area contributed by atoms with E-state index in [1.165, 1.54) is 34.4 Å². The van der Waals surface area contributed by atoms with Crippen LogP contribution in [0.2, 0.25) is 0 Å². The number of carbonyl (C=O) groups excluding carboxylic acids is 2. The number of esters is 1. The Bertz CT molecular complexity index is 2080. The maximum absolute atomic E-state index is 13.9. The first-order valence-electron chi connectivity index (χ1n) is 14.3. The number of carbonyl (C=O) groups is 2. The van der Waals surface area contributed by atoms with Gasteiger partial charge in [-0.1, -0.05) is 78.5 Å². The summed E-state index contributed by atoms with van der Waals surface area (Å²) in [7, 11) is 0. The van der Waals surface area contributed by atoms with Crippen molar-refractivity contribution in [3.05, 3.63) is 117 Å². The van der Waals surface area contributed by atoms with E-state index in [1.54, 1.807) is 11.5 Å². The predicted octanol–water partition coefficient (Wildman–Crippen LogP) is 8.37. The van der Waals surface area contributed by atoms with Crippen LogP contribution < -0.4 is 10.9 Å². The molecule has 226 valence electrons. The second-order valence-electron chi connectivity index (χ2n) is 10.3. The third-order valence-electron chi connectivity index (χ3n) is 7.28. The van der Waals surface area contributed by atoms with Gasteiger partial charge in [-0.25, -0.2) is 9.78 Å². The molecule has 0 aliphatic carbocycles. The van der Waals surface area contributed by atoms with Crippen LogP contribution >= 0.6 is 34.4 Å². The molecule has 0 fully saturated rings. The van der Waals surface area contributed by atoms with Crippen molar-refractivity contribution in [2.75, 3.05) is 17.7 Å². The van der Waals surface area contributed by atoms with Crippen LogP contribution in [-0.4, -0.2) is 33.8 Å². The highest BCUT2D eigenvalue weighted by Crippen LogP contribution is 2.37. The smallest absolute Gasteiger partial charge is 0.341 e. The topological polar surface area (TPSA) is 90.3 Å². The number of ether oxygens (including phenoxy) is 1. The summed E-state index contributed by atoms with van der Waals surface area (Å²) < 4.78 is 6.92. The molecule has 3 aromatic heterocycles. The van der Waals surface area contributed by atoms with Crippen LogP contribution in [0.4, 0.5) is 5.00 Å². The van der Waals surface area contributed by atoms with Crippen LogP contribution in [0.15, 0.2) is 100 Å². The molecular weight excluding hydrogens is 623 g/mol. The number of rotatable bonds is 9. The first-order chi connectivity index (χ1) is 21.8. The Balaban J connectivity index is 1.31. The van der Waals surface area contributed by atoms with Crippen molar-refractivity contribution in [2.24, 2.45) is 0 Å². The highest BCUT2D eigenvalue weighted by Gasteiger charge is 2.24. The van der Waals surface area contributed by atoms with E-state index in [-0.39, 0.29) is 23.8 Å². The number of nitrogens with zero attached hydrogens (tertiary/aromatic N) is 2. The molecule has 0 aliphatic heterocycles. The summed E-state index contributed by atoms with van der Waals surface area (Å²) in [5.74, 6) is -0.850. The molecule has 0 bridgehead atoms. The average Bonchev–Trinajstić information content (AvgIpc) is 3.67. The zero-order chi connectivity index (χ0) is 31.5. The zero-order valence-electron chi connectivity index (χ0n) is 24.8. The molecule has 7 nitrogen and oxygen atoms in total. The highest BCUT2D eigenvalue weighted by atomic mass is 32.2. The van der Waals surface area contributed by atoms with Gasteiger partial charge in [0.25, 0.3) is 5.56 Å². The molecule has 6 aromatic rings. The van der Waals surface area contributed by atoms with E-state index >= 15 is 0 Å². The van der Waals surface area contributed by atoms with Gasteiger partial charge in [-0.15, -0.1) is 22.7 Å². The summed E-state index contributed by atoms with van der Waals surface area (Å²) >= 11 is 3.89. The van der Waals surface area contributed by atoms with E-state index in [4.69, 9.17) is 9.72 Å². The number of fused-ring (bicyclic) bond motifs is 1. The van der Waals surface area contributed by atoms with E-state index in [0.29, 0.717) is 37.2 Å². The van der Waals surface area contributed by atoms with Crippen molar-refractivity contribution in [1.29, 1.82) is 0 Å². The summed E-state index contributed by atoms with van der Waals surface area (Å²) in [6.07, 6.45) is 0. The molecule has 0 saturated carbocycles. The fraction of sp³-hybridized carbons (Fsp3) is 0.143. The summed E-state index contributed by atoms with van der Waals surface area (Å²) in [4.78, 5) is 46.7. The summed E-state index contributed by atoms with van der Waals surface area (Å²) in [6, 6.07) is 27.0. The molecule has 0 aliphatic rings. The zero-order valence-corrected chi connectivity index (χ0v) is 27.3. The van der Waals surface area contributed by atoms with Crippen molar-refractivity contribution in [1.82, 2.24) is 9.55 Å². The molecule has 0 atom stereocenters. The number of aryl methyl sites for hydroxylation is 2. The van der Waals surface area contributed by atoms with Gasteiger partial charge < -0.3 is 10.1 Å². The Labute approximate surface area is 272 Å². The lowest BCUT2D eigenvalue weighted by atomic mass is 9.99. The van der Waals surface area contributed by atoms with Gasteiger partial charge in [0.1, 0.15) is 15.4 Å². The van der Waals surface area contributed by atoms with Gasteiger partial charge in [-0.2, -0.15) is 0 Å². The van der Waals surface area contributed by atoms with Crippen molar-refractivity contribution in [2.45, 2.75) is 25.9 Å². The molecule has 0 unspecified atom stereocenters. The van der Waals surface area contributed by atoms with Crippen LogP contribution in [0, 0.1) is 13.8 Å². The molecule has 1 amide bonds. The molecule has 0 radical (unpaired) electrons. The third kappa shape index (κ3) is 6.35. The number of benzene rings is 3. The molecule has 3 aromatic carbocycles. The van der Waals surface area contributed by atoms with Gasteiger partial charge >= 0.3 is 5.97 Å². The van der Waals surface area contributed by atoms with Gasteiger partial charge in [0.2, 0.25) is 5.91 Å². The summed E-state index contributed by atoms with van der Waals surface area (Å²) in [5.41, 5.74) is 5.64. The van der Waals surface area contributed by atoms with Gasteiger partial charge in [0.15, 0.2) is 5.16 Å². The van der Waals surface area contributed by atoms with Crippen LogP contribution in [0.5, 0.6) is 0 Å². The van der Waals surface area contributed by atoms with E-state index in [0.717, 1.165) is 27.1 Å².